The number of benzene rings is 1. The van der Waals surface area contributed by atoms with E-state index < -0.39 is 0 Å². The van der Waals surface area contributed by atoms with Gasteiger partial charge < -0.3 is 9.32 Å². The van der Waals surface area contributed by atoms with Crippen molar-refractivity contribution in [1.29, 1.82) is 0 Å². The third-order valence-electron chi connectivity index (χ3n) is 5.12. The highest BCUT2D eigenvalue weighted by Gasteiger charge is 2.25. The predicted molar refractivity (Wildman–Crippen MR) is 106 cm³/mol. The molecule has 0 bridgehead atoms. The summed E-state index contributed by atoms with van der Waals surface area (Å²) in [6.07, 6.45) is 0.996. The van der Waals surface area contributed by atoms with Gasteiger partial charge in [0.25, 0.3) is 5.91 Å². The van der Waals surface area contributed by atoms with Crippen LogP contribution in [0.4, 0.5) is 0 Å². The first-order chi connectivity index (χ1) is 12.6. The van der Waals surface area contributed by atoms with Crippen LogP contribution in [0.15, 0.2) is 40.1 Å². The van der Waals surface area contributed by atoms with Crippen LogP contribution < -0.4 is 0 Å². The van der Waals surface area contributed by atoms with E-state index in [1.165, 1.54) is 10.4 Å². The van der Waals surface area contributed by atoms with E-state index in [1.807, 2.05) is 24.0 Å². The second-order valence-electron chi connectivity index (χ2n) is 7.06. The number of furan rings is 1. The molecule has 1 saturated heterocycles. The molecule has 4 rings (SSSR count). The molecule has 5 heteroatoms. The molecule has 1 amide bonds. The first-order valence-corrected chi connectivity index (χ1v) is 10.0. The monoisotopic (exact) mass is 368 g/mol. The molecule has 1 aliphatic heterocycles. The van der Waals surface area contributed by atoms with E-state index in [0.717, 1.165) is 55.7 Å². The van der Waals surface area contributed by atoms with Gasteiger partial charge in [0.2, 0.25) is 0 Å². The van der Waals surface area contributed by atoms with Crippen molar-refractivity contribution in [3.8, 4) is 0 Å². The van der Waals surface area contributed by atoms with Gasteiger partial charge in [-0.2, -0.15) is 0 Å². The zero-order valence-electron chi connectivity index (χ0n) is 15.3. The van der Waals surface area contributed by atoms with Gasteiger partial charge >= 0.3 is 0 Å². The van der Waals surface area contributed by atoms with Crippen LogP contribution in [0, 0.1) is 13.8 Å². The molecule has 0 spiro atoms. The van der Waals surface area contributed by atoms with Gasteiger partial charge in [0.15, 0.2) is 5.76 Å². The Labute approximate surface area is 158 Å². The standard InChI is InChI=1S/C21H24N2O2S/c1-15-6-7-19-18(13-15)16(2)20(25-19)21(24)23-9-4-8-22(10-11-23)14-17-5-3-12-26-17/h3,5-7,12-13H,4,8-11,14H2,1-2H3. The summed E-state index contributed by atoms with van der Waals surface area (Å²) in [5, 5.41) is 3.16. The van der Waals surface area contributed by atoms with Gasteiger partial charge in [-0.3, -0.25) is 9.69 Å². The molecular formula is C21H24N2O2S. The van der Waals surface area contributed by atoms with E-state index in [-0.39, 0.29) is 5.91 Å². The van der Waals surface area contributed by atoms with Crippen molar-refractivity contribution in [3.63, 3.8) is 0 Å². The van der Waals surface area contributed by atoms with Gasteiger partial charge in [-0.15, -0.1) is 11.3 Å². The van der Waals surface area contributed by atoms with E-state index in [4.69, 9.17) is 4.42 Å². The highest BCUT2D eigenvalue weighted by molar-refractivity contribution is 7.09. The van der Waals surface area contributed by atoms with Crippen LogP contribution in [0.1, 0.15) is 33.0 Å². The number of carbonyl (C=O) groups is 1. The Bertz CT molecular complexity index is 914. The average Bonchev–Trinajstić information content (AvgIpc) is 3.17. The number of hydrogen-bond donors (Lipinski definition) is 0. The molecule has 4 nitrogen and oxygen atoms in total. The smallest absolute Gasteiger partial charge is 0.289 e. The van der Waals surface area contributed by atoms with Crippen LogP contribution in [-0.2, 0) is 6.54 Å². The van der Waals surface area contributed by atoms with Gasteiger partial charge in [0.1, 0.15) is 5.58 Å². The van der Waals surface area contributed by atoms with Gasteiger partial charge in [-0.1, -0.05) is 17.7 Å². The highest BCUT2D eigenvalue weighted by atomic mass is 32.1. The molecule has 1 fully saturated rings. The lowest BCUT2D eigenvalue weighted by molar-refractivity contribution is 0.0730. The van der Waals surface area contributed by atoms with Crippen LogP contribution >= 0.6 is 11.3 Å². The molecule has 0 unspecified atom stereocenters. The van der Waals surface area contributed by atoms with E-state index in [9.17, 15) is 4.79 Å². The molecule has 3 heterocycles. The number of thiophene rings is 1. The summed E-state index contributed by atoms with van der Waals surface area (Å²) in [5.74, 6) is 0.520. The lowest BCUT2D eigenvalue weighted by Crippen LogP contribution is -2.35. The molecule has 136 valence electrons. The number of hydrogen-bond acceptors (Lipinski definition) is 4. The van der Waals surface area contributed by atoms with Gasteiger partial charge in [-0.05, 0) is 43.8 Å². The van der Waals surface area contributed by atoms with Crippen LogP contribution in [0.3, 0.4) is 0 Å². The maximum absolute atomic E-state index is 13.1. The van der Waals surface area contributed by atoms with Crippen LogP contribution in [0.5, 0.6) is 0 Å². The normalized spacial score (nSPS) is 16.2. The van der Waals surface area contributed by atoms with E-state index >= 15 is 0 Å². The topological polar surface area (TPSA) is 36.7 Å². The zero-order chi connectivity index (χ0) is 18.1. The Morgan fingerprint density at radius 2 is 2.04 bits per heavy atom. The summed E-state index contributed by atoms with van der Waals surface area (Å²) in [6.45, 7) is 8.49. The number of carbonyl (C=O) groups excluding carboxylic acids is 1. The second-order valence-corrected chi connectivity index (χ2v) is 8.09. The molecule has 2 aromatic heterocycles. The first-order valence-electron chi connectivity index (χ1n) is 9.15. The molecular weight excluding hydrogens is 344 g/mol. The Hall–Kier alpha value is -2.11. The molecule has 0 saturated carbocycles. The van der Waals surface area contributed by atoms with Crippen molar-refractivity contribution in [1.82, 2.24) is 9.80 Å². The minimum Gasteiger partial charge on any atom is -0.451 e. The SMILES string of the molecule is Cc1ccc2oc(C(=O)N3CCCN(Cc4cccs4)CC3)c(C)c2c1. The Morgan fingerprint density at radius 3 is 2.85 bits per heavy atom. The summed E-state index contributed by atoms with van der Waals surface area (Å²) >= 11 is 1.80. The van der Waals surface area contributed by atoms with Crippen molar-refractivity contribution in [2.45, 2.75) is 26.8 Å². The Morgan fingerprint density at radius 1 is 1.15 bits per heavy atom. The summed E-state index contributed by atoms with van der Waals surface area (Å²) in [5.41, 5.74) is 2.93. The number of fused-ring (bicyclic) bond motifs is 1. The molecule has 0 atom stereocenters. The van der Waals surface area contributed by atoms with Crippen molar-refractivity contribution in [3.05, 3.63) is 57.5 Å². The minimum absolute atomic E-state index is 0.0225. The zero-order valence-corrected chi connectivity index (χ0v) is 16.1. The summed E-state index contributed by atoms with van der Waals surface area (Å²) in [4.78, 5) is 18.8. The van der Waals surface area contributed by atoms with Gasteiger partial charge in [0, 0.05) is 48.6 Å². The van der Waals surface area contributed by atoms with E-state index in [2.05, 4.69) is 35.4 Å². The largest absolute Gasteiger partial charge is 0.451 e. The van der Waals surface area contributed by atoms with Crippen LogP contribution in [0.2, 0.25) is 0 Å². The molecule has 0 radical (unpaired) electrons. The molecule has 0 N–H and O–H groups in total. The fraction of sp³-hybridized carbons (Fsp3) is 0.381. The lowest BCUT2D eigenvalue weighted by atomic mass is 10.1. The molecule has 26 heavy (non-hydrogen) atoms. The first kappa shape index (κ1) is 17.3. The minimum atomic E-state index is 0.0225. The second kappa shape index (κ2) is 7.25. The summed E-state index contributed by atoms with van der Waals surface area (Å²) in [7, 11) is 0. The van der Waals surface area contributed by atoms with Crippen molar-refractivity contribution >= 4 is 28.2 Å². The molecule has 1 aromatic carbocycles. The Balaban J connectivity index is 1.49. The number of rotatable bonds is 3. The van der Waals surface area contributed by atoms with E-state index in [1.54, 1.807) is 11.3 Å². The van der Waals surface area contributed by atoms with Gasteiger partial charge in [-0.25, -0.2) is 0 Å². The third kappa shape index (κ3) is 3.41. The maximum atomic E-state index is 13.1. The van der Waals surface area contributed by atoms with E-state index in [0.29, 0.717) is 5.76 Å². The fourth-order valence-corrected chi connectivity index (χ4v) is 4.38. The highest BCUT2D eigenvalue weighted by Crippen LogP contribution is 2.27. The number of amides is 1. The summed E-state index contributed by atoms with van der Waals surface area (Å²) in [6, 6.07) is 10.3. The molecule has 1 aliphatic rings. The lowest BCUT2D eigenvalue weighted by Gasteiger charge is -2.21. The van der Waals surface area contributed by atoms with Gasteiger partial charge in [0.05, 0.1) is 0 Å². The molecule has 0 aliphatic carbocycles. The third-order valence-corrected chi connectivity index (χ3v) is 5.98. The Kier molecular flexibility index (Phi) is 4.83. The van der Waals surface area contributed by atoms with Crippen molar-refractivity contribution in [2.75, 3.05) is 26.2 Å². The fourth-order valence-electron chi connectivity index (χ4n) is 3.64. The quantitative estimate of drug-likeness (QED) is 0.685. The van der Waals surface area contributed by atoms with Crippen LogP contribution in [0.25, 0.3) is 11.0 Å². The average molecular weight is 369 g/mol. The number of nitrogens with zero attached hydrogens (tertiary/aromatic N) is 2. The van der Waals surface area contributed by atoms with Crippen molar-refractivity contribution < 1.29 is 9.21 Å². The predicted octanol–water partition coefficient (Wildman–Crippen LogP) is 4.46. The maximum Gasteiger partial charge on any atom is 0.289 e. The van der Waals surface area contributed by atoms with Crippen LogP contribution in [-0.4, -0.2) is 41.9 Å². The number of aryl methyl sites for hydroxylation is 2. The van der Waals surface area contributed by atoms with Crippen molar-refractivity contribution in [2.24, 2.45) is 0 Å². The summed E-state index contributed by atoms with van der Waals surface area (Å²) < 4.78 is 5.92. The molecule has 3 aromatic rings.